The fourth-order valence-corrected chi connectivity index (χ4v) is 2.89. The summed E-state index contributed by atoms with van der Waals surface area (Å²) in [4.78, 5) is 29.6. The molecule has 9 heteroatoms. The van der Waals surface area contributed by atoms with Crippen LogP contribution < -0.4 is 10.2 Å². The first kappa shape index (κ1) is 21.1. The molecule has 0 bridgehead atoms. The summed E-state index contributed by atoms with van der Waals surface area (Å²) in [7, 11) is 0. The van der Waals surface area contributed by atoms with E-state index in [-0.39, 0.29) is 18.0 Å². The Balaban J connectivity index is 1.94. The van der Waals surface area contributed by atoms with Crippen LogP contribution in [0.3, 0.4) is 0 Å². The van der Waals surface area contributed by atoms with Crippen molar-refractivity contribution in [3.63, 3.8) is 0 Å². The number of anilines is 2. The predicted octanol–water partition coefficient (Wildman–Crippen LogP) is 3.17. The SMILES string of the molecule is Cc1cc(F)c(C(=O)Nc2ccon2)cc1-c1ccc(N(C=O)C(C)(C)CO)nc1. The Morgan fingerprint density at radius 2 is 2.10 bits per heavy atom. The van der Waals surface area contributed by atoms with Gasteiger partial charge in [0.1, 0.15) is 17.9 Å². The van der Waals surface area contributed by atoms with Crippen molar-refractivity contribution < 1.29 is 23.6 Å². The van der Waals surface area contributed by atoms with Crippen LogP contribution in [0.1, 0.15) is 29.8 Å². The van der Waals surface area contributed by atoms with Gasteiger partial charge in [-0.15, -0.1) is 0 Å². The van der Waals surface area contributed by atoms with E-state index in [2.05, 4.69) is 20.0 Å². The molecule has 2 aromatic heterocycles. The number of halogens is 1. The molecule has 3 rings (SSSR count). The number of benzene rings is 1. The number of rotatable bonds is 7. The van der Waals surface area contributed by atoms with Gasteiger partial charge in [0.25, 0.3) is 5.91 Å². The summed E-state index contributed by atoms with van der Waals surface area (Å²) in [5.41, 5.74) is 0.884. The summed E-state index contributed by atoms with van der Waals surface area (Å²) in [6.45, 7) is 4.90. The van der Waals surface area contributed by atoms with E-state index in [1.807, 2.05) is 0 Å². The van der Waals surface area contributed by atoms with Gasteiger partial charge in [0.05, 0.1) is 17.7 Å². The molecule has 0 fully saturated rings. The summed E-state index contributed by atoms with van der Waals surface area (Å²) < 4.78 is 19.1. The number of carbonyl (C=O) groups is 2. The highest BCUT2D eigenvalue weighted by Crippen LogP contribution is 2.28. The highest BCUT2D eigenvalue weighted by molar-refractivity contribution is 6.04. The minimum absolute atomic E-state index is 0.154. The number of aryl methyl sites for hydroxylation is 1. The number of nitrogens with one attached hydrogen (secondary N) is 1. The minimum Gasteiger partial charge on any atom is -0.394 e. The quantitative estimate of drug-likeness (QED) is 0.577. The molecule has 30 heavy (non-hydrogen) atoms. The van der Waals surface area contributed by atoms with Gasteiger partial charge in [0, 0.05) is 17.8 Å². The van der Waals surface area contributed by atoms with E-state index in [9.17, 15) is 19.1 Å². The summed E-state index contributed by atoms with van der Waals surface area (Å²) in [6.07, 6.45) is 3.42. The van der Waals surface area contributed by atoms with Crippen LogP contribution in [0.15, 0.2) is 47.3 Å². The average Bonchev–Trinajstić information content (AvgIpc) is 3.22. The smallest absolute Gasteiger partial charge is 0.259 e. The summed E-state index contributed by atoms with van der Waals surface area (Å²) >= 11 is 0. The number of aromatic nitrogens is 2. The topological polar surface area (TPSA) is 109 Å². The Bertz CT molecular complexity index is 1050. The number of aliphatic hydroxyl groups is 1. The lowest BCUT2D eigenvalue weighted by atomic mass is 9.98. The van der Waals surface area contributed by atoms with Crippen LogP contribution in [0.25, 0.3) is 11.1 Å². The lowest BCUT2D eigenvalue weighted by Crippen LogP contribution is -2.46. The maximum Gasteiger partial charge on any atom is 0.259 e. The molecule has 0 radical (unpaired) electrons. The van der Waals surface area contributed by atoms with Crippen molar-refractivity contribution in [2.24, 2.45) is 0 Å². The van der Waals surface area contributed by atoms with Crippen LogP contribution in [-0.2, 0) is 4.79 Å². The second kappa shape index (κ2) is 8.42. The molecule has 0 unspecified atom stereocenters. The zero-order valence-corrected chi connectivity index (χ0v) is 16.7. The predicted molar refractivity (Wildman–Crippen MR) is 109 cm³/mol. The van der Waals surface area contributed by atoms with E-state index in [4.69, 9.17) is 0 Å². The van der Waals surface area contributed by atoms with Gasteiger partial charge >= 0.3 is 0 Å². The first-order chi connectivity index (χ1) is 14.3. The zero-order valence-electron chi connectivity index (χ0n) is 16.7. The van der Waals surface area contributed by atoms with Crippen molar-refractivity contribution in [1.29, 1.82) is 0 Å². The maximum atomic E-state index is 14.4. The first-order valence-corrected chi connectivity index (χ1v) is 9.10. The van der Waals surface area contributed by atoms with Gasteiger partial charge in [-0.05, 0) is 56.2 Å². The molecule has 2 N–H and O–H groups in total. The van der Waals surface area contributed by atoms with Gasteiger partial charge in [-0.2, -0.15) is 0 Å². The normalized spacial score (nSPS) is 11.2. The van der Waals surface area contributed by atoms with E-state index in [1.165, 1.54) is 35.6 Å². The Kier molecular flexibility index (Phi) is 5.93. The van der Waals surface area contributed by atoms with E-state index < -0.39 is 17.3 Å². The van der Waals surface area contributed by atoms with Crippen LogP contribution in [-0.4, -0.2) is 39.7 Å². The van der Waals surface area contributed by atoms with Crippen LogP contribution in [0, 0.1) is 12.7 Å². The number of hydrogen-bond acceptors (Lipinski definition) is 6. The Labute approximate surface area is 172 Å². The van der Waals surface area contributed by atoms with Crippen molar-refractivity contribution in [3.05, 3.63) is 59.7 Å². The molecule has 2 heterocycles. The zero-order chi connectivity index (χ0) is 21.9. The average molecular weight is 412 g/mol. The number of hydrogen-bond donors (Lipinski definition) is 2. The molecular formula is C21H21FN4O4. The third-order valence-corrected chi connectivity index (χ3v) is 4.69. The molecule has 156 valence electrons. The lowest BCUT2D eigenvalue weighted by molar-refractivity contribution is -0.108. The van der Waals surface area contributed by atoms with Crippen LogP contribution in [0.4, 0.5) is 16.0 Å². The van der Waals surface area contributed by atoms with E-state index in [0.29, 0.717) is 28.9 Å². The van der Waals surface area contributed by atoms with E-state index >= 15 is 0 Å². The van der Waals surface area contributed by atoms with E-state index in [0.717, 1.165) is 0 Å². The van der Waals surface area contributed by atoms with Crippen molar-refractivity contribution in [2.75, 3.05) is 16.8 Å². The molecule has 3 aromatic rings. The van der Waals surface area contributed by atoms with Crippen molar-refractivity contribution in [3.8, 4) is 11.1 Å². The number of carbonyl (C=O) groups excluding carboxylic acids is 2. The third kappa shape index (κ3) is 4.20. The molecule has 0 atom stereocenters. The van der Waals surface area contributed by atoms with Crippen molar-refractivity contribution in [2.45, 2.75) is 26.3 Å². The second-order valence-electron chi connectivity index (χ2n) is 7.34. The van der Waals surface area contributed by atoms with Crippen molar-refractivity contribution >= 4 is 24.0 Å². The van der Waals surface area contributed by atoms with Gasteiger partial charge in [-0.3, -0.25) is 14.5 Å². The highest BCUT2D eigenvalue weighted by atomic mass is 19.1. The molecule has 0 aliphatic rings. The summed E-state index contributed by atoms with van der Waals surface area (Å²) in [5.74, 6) is -0.799. The standard InChI is InChI=1S/C21H21FN4O4/c1-13-8-17(22)16(20(29)24-18-6-7-30-25-18)9-15(13)14-4-5-19(23-10-14)26(12-28)21(2,3)11-27/h4-10,12,27H,11H2,1-3H3,(H,24,25,29). The lowest BCUT2D eigenvalue weighted by Gasteiger charge is -2.33. The van der Waals surface area contributed by atoms with Gasteiger partial charge in [-0.25, -0.2) is 9.37 Å². The number of nitrogens with zero attached hydrogens (tertiary/aromatic N) is 3. The van der Waals surface area contributed by atoms with Crippen LogP contribution in [0.2, 0.25) is 0 Å². The molecule has 0 aliphatic carbocycles. The molecule has 8 nitrogen and oxygen atoms in total. The second-order valence-corrected chi connectivity index (χ2v) is 7.34. The largest absolute Gasteiger partial charge is 0.394 e. The monoisotopic (exact) mass is 412 g/mol. The number of amides is 2. The van der Waals surface area contributed by atoms with Gasteiger partial charge < -0.3 is 14.9 Å². The third-order valence-electron chi connectivity index (χ3n) is 4.69. The van der Waals surface area contributed by atoms with Gasteiger partial charge in [0.2, 0.25) is 6.41 Å². The number of aliphatic hydroxyl groups excluding tert-OH is 1. The Morgan fingerprint density at radius 1 is 1.33 bits per heavy atom. The molecule has 0 spiro atoms. The fraction of sp³-hybridized carbons (Fsp3) is 0.238. The Hall–Kier alpha value is -3.59. The molecule has 1 aromatic carbocycles. The first-order valence-electron chi connectivity index (χ1n) is 9.10. The Morgan fingerprint density at radius 3 is 2.67 bits per heavy atom. The molecular weight excluding hydrogens is 391 g/mol. The molecule has 0 saturated carbocycles. The summed E-state index contributed by atoms with van der Waals surface area (Å²) in [6, 6.07) is 7.49. The fourth-order valence-electron chi connectivity index (χ4n) is 2.89. The summed E-state index contributed by atoms with van der Waals surface area (Å²) in [5, 5.41) is 15.6. The van der Waals surface area contributed by atoms with Crippen LogP contribution in [0.5, 0.6) is 0 Å². The molecule has 0 saturated heterocycles. The minimum atomic E-state index is -0.825. The van der Waals surface area contributed by atoms with Crippen LogP contribution >= 0.6 is 0 Å². The van der Waals surface area contributed by atoms with Gasteiger partial charge in [-0.1, -0.05) is 5.16 Å². The highest BCUT2D eigenvalue weighted by Gasteiger charge is 2.27. The maximum absolute atomic E-state index is 14.4. The molecule has 2 amide bonds. The van der Waals surface area contributed by atoms with Crippen molar-refractivity contribution in [1.82, 2.24) is 10.1 Å². The number of pyridine rings is 1. The van der Waals surface area contributed by atoms with Gasteiger partial charge in [0.15, 0.2) is 5.82 Å². The van der Waals surface area contributed by atoms with E-state index in [1.54, 1.807) is 32.9 Å². The molecule has 0 aliphatic heterocycles.